The van der Waals surface area contributed by atoms with E-state index in [2.05, 4.69) is 48.0 Å². The lowest BCUT2D eigenvalue weighted by Crippen LogP contribution is -2.44. The van der Waals surface area contributed by atoms with Crippen LogP contribution in [0.25, 0.3) is 11.1 Å². The summed E-state index contributed by atoms with van der Waals surface area (Å²) in [6.07, 6.45) is 4.31. The van der Waals surface area contributed by atoms with Crippen LogP contribution in [-0.4, -0.2) is 48.7 Å². The number of carbonyl (C=O) groups is 2. The van der Waals surface area contributed by atoms with Gasteiger partial charge in [0.1, 0.15) is 11.9 Å². The van der Waals surface area contributed by atoms with Crippen LogP contribution in [0, 0.1) is 5.92 Å². The molecule has 2 aliphatic heterocycles. The van der Waals surface area contributed by atoms with E-state index in [1.165, 1.54) is 21.6 Å². The number of ether oxygens (including phenoxy) is 1. The third kappa shape index (κ3) is 4.64. The van der Waals surface area contributed by atoms with Gasteiger partial charge >= 0.3 is 0 Å². The van der Waals surface area contributed by atoms with Gasteiger partial charge in [-0.25, -0.2) is 0 Å². The van der Waals surface area contributed by atoms with Gasteiger partial charge in [-0.1, -0.05) is 18.2 Å². The molecule has 0 radical (unpaired) electrons. The van der Waals surface area contributed by atoms with Gasteiger partial charge in [-0.2, -0.15) is 0 Å². The molecule has 2 aromatic carbocycles. The molecular formula is C24H28N2O3S. The highest BCUT2D eigenvalue weighted by molar-refractivity contribution is 7.98. The molecule has 6 heteroatoms. The van der Waals surface area contributed by atoms with Crippen molar-refractivity contribution in [2.75, 3.05) is 25.9 Å². The first kappa shape index (κ1) is 20.8. The molecule has 4 rings (SSSR count). The molecular weight excluding hydrogens is 396 g/mol. The van der Waals surface area contributed by atoms with E-state index in [1.54, 1.807) is 18.7 Å². The number of thioether (sulfide) groups is 1. The van der Waals surface area contributed by atoms with Crippen molar-refractivity contribution < 1.29 is 14.3 Å². The Kier molecular flexibility index (Phi) is 6.32. The third-order valence-electron chi connectivity index (χ3n) is 6.04. The van der Waals surface area contributed by atoms with Crippen LogP contribution in [0.15, 0.2) is 47.4 Å². The molecule has 0 aromatic heterocycles. The predicted octanol–water partition coefficient (Wildman–Crippen LogP) is 3.75. The van der Waals surface area contributed by atoms with E-state index in [9.17, 15) is 9.59 Å². The average molecular weight is 425 g/mol. The highest BCUT2D eigenvalue weighted by atomic mass is 32.2. The van der Waals surface area contributed by atoms with Crippen molar-refractivity contribution in [3.63, 3.8) is 0 Å². The van der Waals surface area contributed by atoms with Gasteiger partial charge in [0, 0.05) is 37.2 Å². The Morgan fingerprint density at radius 3 is 2.47 bits per heavy atom. The smallest absolute Gasteiger partial charge is 0.223 e. The second-order valence-electron chi connectivity index (χ2n) is 8.02. The molecule has 0 saturated carbocycles. The van der Waals surface area contributed by atoms with Crippen molar-refractivity contribution in [1.29, 1.82) is 0 Å². The highest BCUT2D eigenvalue weighted by Crippen LogP contribution is 2.33. The van der Waals surface area contributed by atoms with Gasteiger partial charge in [-0.15, -0.1) is 11.8 Å². The fourth-order valence-electron chi connectivity index (χ4n) is 4.21. The quantitative estimate of drug-likeness (QED) is 0.743. The first-order valence-electron chi connectivity index (χ1n) is 10.5. The van der Waals surface area contributed by atoms with Crippen LogP contribution in [0.1, 0.15) is 25.3 Å². The minimum absolute atomic E-state index is 0.0137. The Morgan fingerprint density at radius 2 is 1.80 bits per heavy atom. The number of hydrogen-bond donors (Lipinski definition) is 1. The lowest BCUT2D eigenvalue weighted by atomic mass is 9.95. The van der Waals surface area contributed by atoms with E-state index >= 15 is 0 Å². The summed E-state index contributed by atoms with van der Waals surface area (Å²) < 4.78 is 6.05. The minimum atomic E-state index is -0.0321. The molecule has 2 heterocycles. The van der Waals surface area contributed by atoms with E-state index in [0.29, 0.717) is 19.6 Å². The Morgan fingerprint density at radius 1 is 1.10 bits per heavy atom. The number of likely N-dealkylation sites (tertiary alicyclic amines) is 1. The maximum absolute atomic E-state index is 12.5. The molecule has 1 N–H and O–H groups in total. The molecule has 0 aliphatic carbocycles. The number of amides is 2. The molecule has 5 nitrogen and oxygen atoms in total. The monoisotopic (exact) mass is 424 g/mol. The number of nitrogens with zero attached hydrogens (tertiary/aromatic N) is 1. The Bertz CT molecular complexity index is 921. The van der Waals surface area contributed by atoms with E-state index in [-0.39, 0.29) is 23.8 Å². The van der Waals surface area contributed by atoms with E-state index < -0.39 is 0 Å². The fraction of sp³-hybridized carbons (Fsp3) is 0.417. The standard InChI is InChI=1S/C24H28N2O3S/c1-16(27)26-11-9-18(10-12-26)24(28)25-15-21-14-20-13-19(5-8-23(20)29-21)17-3-6-22(30-2)7-4-17/h3-8,13,18,21H,9-12,14-15H2,1-2H3,(H,25,28)/t21-/m1/s1. The minimum Gasteiger partial charge on any atom is -0.488 e. The summed E-state index contributed by atoms with van der Waals surface area (Å²) in [4.78, 5) is 27.0. The summed E-state index contributed by atoms with van der Waals surface area (Å²) in [5, 5.41) is 3.06. The van der Waals surface area contributed by atoms with Crippen LogP contribution in [0.2, 0.25) is 0 Å². The lowest BCUT2D eigenvalue weighted by molar-refractivity contribution is -0.134. The van der Waals surface area contributed by atoms with Crippen molar-refractivity contribution in [1.82, 2.24) is 10.2 Å². The maximum atomic E-state index is 12.5. The molecule has 0 spiro atoms. The van der Waals surface area contributed by atoms with Crippen molar-refractivity contribution in [2.24, 2.45) is 5.92 Å². The first-order chi connectivity index (χ1) is 14.5. The van der Waals surface area contributed by atoms with Crippen LogP contribution < -0.4 is 10.1 Å². The average Bonchev–Trinajstić information content (AvgIpc) is 3.19. The number of nitrogens with one attached hydrogen (secondary N) is 1. The van der Waals surface area contributed by atoms with E-state index in [4.69, 9.17) is 4.74 Å². The van der Waals surface area contributed by atoms with Gasteiger partial charge in [-0.05, 0) is 60.1 Å². The molecule has 158 valence electrons. The maximum Gasteiger partial charge on any atom is 0.223 e. The van der Waals surface area contributed by atoms with Crippen LogP contribution in [0.5, 0.6) is 5.75 Å². The van der Waals surface area contributed by atoms with Crippen molar-refractivity contribution in [3.05, 3.63) is 48.0 Å². The van der Waals surface area contributed by atoms with Crippen molar-refractivity contribution in [2.45, 2.75) is 37.2 Å². The van der Waals surface area contributed by atoms with E-state index in [0.717, 1.165) is 25.0 Å². The second-order valence-corrected chi connectivity index (χ2v) is 8.90. The normalized spacial score (nSPS) is 18.6. The van der Waals surface area contributed by atoms with Crippen LogP contribution in [-0.2, 0) is 16.0 Å². The van der Waals surface area contributed by atoms with Gasteiger partial charge in [0.05, 0.1) is 6.54 Å². The number of piperidine rings is 1. The van der Waals surface area contributed by atoms with Gasteiger partial charge < -0.3 is 15.0 Å². The van der Waals surface area contributed by atoms with Gasteiger partial charge in [0.25, 0.3) is 0 Å². The number of benzene rings is 2. The topological polar surface area (TPSA) is 58.6 Å². The second kappa shape index (κ2) is 9.13. The summed E-state index contributed by atoms with van der Waals surface area (Å²) in [5.74, 6) is 1.06. The summed E-state index contributed by atoms with van der Waals surface area (Å²) in [6.45, 7) is 3.43. The van der Waals surface area contributed by atoms with Gasteiger partial charge in [-0.3, -0.25) is 9.59 Å². The zero-order chi connectivity index (χ0) is 21.1. The van der Waals surface area contributed by atoms with Crippen molar-refractivity contribution in [3.8, 4) is 16.9 Å². The van der Waals surface area contributed by atoms with Crippen LogP contribution >= 0.6 is 11.8 Å². The molecule has 1 saturated heterocycles. The summed E-state index contributed by atoms with van der Waals surface area (Å²) in [6, 6.07) is 14.9. The fourth-order valence-corrected chi connectivity index (χ4v) is 4.62. The summed E-state index contributed by atoms with van der Waals surface area (Å²) in [7, 11) is 0. The molecule has 2 amide bonds. The van der Waals surface area contributed by atoms with Crippen molar-refractivity contribution >= 4 is 23.6 Å². The Balaban J connectivity index is 1.30. The summed E-state index contributed by atoms with van der Waals surface area (Å²) in [5.41, 5.74) is 3.58. The number of hydrogen-bond acceptors (Lipinski definition) is 4. The molecule has 0 unspecified atom stereocenters. The lowest BCUT2D eigenvalue weighted by Gasteiger charge is -2.30. The first-order valence-corrected chi connectivity index (χ1v) is 11.7. The van der Waals surface area contributed by atoms with Crippen LogP contribution in [0.3, 0.4) is 0 Å². The van der Waals surface area contributed by atoms with Gasteiger partial charge in [0.15, 0.2) is 0 Å². The molecule has 1 atom stereocenters. The summed E-state index contributed by atoms with van der Waals surface area (Å²) >= 11 is 1.74. The number of fused-ring (bicyclic) bond motifs is 1. The van der Waals surface area contributed by atoms with Gasteiger partial charge in [0.2, 0.25) is 11.8 Å². The number of rotatable bonds is 5. The molecule has 1 fully saturated rings. The Labute approximate surface area is 182 Å². The largest absolute Gasteiger partial charge is 0.488 e. The SMILES string of the molecule is CSc1ccc(-c2ccc3c(c2)C[C@H](CNC(=O)C2CCN(C(C)=O)CC2)O3)cc1. The predicted molar refractivity (Wildman–Crippen MR) is 120 cm³/mol. The zero-order valence-electron chi connectivity index (χ0n) is 17.5. The molecule has 30 heavy (non-hydrogen) atoms. The molecule has 2 aliphatic rings. The van der Waals surface area contributed by atoms with E-state index in [1.807, 2.05) is 11.0 Å². The zero-order valence-corrected chi connectivity index (χ0v) is 18.3. The highest BCUT2D eigenvalue weighted by Gasteiger charge is 2.28. The number of carbonyl (C=O) groups excluding carboxylic acids is 2. The molecule has 0 bridgehead atoms. The Hall–Kier alpha value is -2.47. The molecule has 2 aromatic rings. The van der Waals surface area contributed by atoms with Crippen LogP contribution in [0.4, 0.5) is 0 Å². The third-order valence-corrected chi connectivity index (χ3v) is 6.78.